The van der Waals surface area contributed by atoms with Gasteiger partial charge in [-0.15, -0.1) is 0 Å². The number of hydrogen-bond acceptors (Lipinski definition) is 3. The molecule has 21 heavy (non-hydrogen) atoms. The van der Waals surface area contributed by atoms with Crippen LogP contribution in [-0.2, 0) is 7.05 Å². The molecule has 0 bridgehead atoms. The van der Waals surface area contributed by atoms with Gasteiger partial charge in [-0.25, -0.2) is 4.79 Å². The summed E-state index contributed by atoms with van der Waals surface area (Å²) in [6.07, 6.45) is 1.32. The number of aromatic nitrogens is 1. The van der Waals surface area contributed by atoms with E-state index in [9.17, 15) is 18.4 Å². The van der Waals surface area contributed by atoms with E-state index in [1.54, 1.807) is 0 Å². The molecular formula is C14H11F2NO4. The van der Waals surface area contributed by atoms with Crippen LogP contribution in [0.5, 0.6) is 5.75 Å². The second-order valence-electron chi connectivity index (χ2n) is 4.23. The number of alkyl halides is 2. The average molecular weight is 295 g/mol. The Bertz CT molecular complexity index is 694. The minimum Gasteiger partial charge on any atom is -0.477 e. The molecule has 0 aliphatic heterocycles. The third-order valence-corrected chi connectivity index (χ3v) is 2.83. The summed E-state index contributed by atoms with van der Waals surface area (Å²) in [4.78, 5) is 23.3. The number of carboxylic acid groups (broad SMARTS) is 1. The van der Waals surface area contributed by atoms with Crippen LogP contribution in [0.3, 0.4) is 0 Å². The lowest BCUT2D eigenvalue weighted by Gasteiger charge is -2.08. The number of carboxylic acids is 1. The van der Waals surface area contributed by atoms with E-state index in [0.717, 1.165) is 0 Å². The first-order valence-electron chi connectivity index (χ1n) is 5.88. The molecule has 1 aromatic carbocycles. The van der Waals surface area contributed by atoms with Crippen LogP contribution in [0.4, 0.5) is 8.78 Å². The topological polar surface area (TPSA) is 68.5 Å². The van der Waals surface area contributed by atoms with Crippen molar-refractivity contribution in [3.8, 4) is 5.75 Å². The molecule has 1 aromatic heterocycles. The number of aryl methyl sites for hydroxylation is 1. The van der Waals surface area contributed by atoms with Gasteiger partial charge < -0.3 is 14.4 Å². The highest BCUT2D eigenvalue weighted by molar-refractivity contribution is 6.11. The van der Waals surface area contributed by atoms with Crippen LogP contribution < -0.4 is 4.74 Å². The number of ketones is 1. The molecular weight excluding hydrogens is 284 g/mol. The molecule has 1 heterocycles. The molecule has 0 saturated heterocycles. The average Bonchev–Trinajstić information content (AvgIpc) is 2.80. The highest BCUT2D eigenvalue weighted by atomic mass is 19.3. The smallest absolute Gasteiger partial charge is 0.387 e. The predicted molar refractivity (Wildman–Crippen MR) is 68.9 cm³/mol. The Hall–Kier alpha value is -2.70. The molecule has 0 atom stereocenters. The van der Waals surface area contributed by atoms with Gasteiger partial charge in [-0.05, 0) is 18.2 Å². The van der Waals surface area contributed by atoms with Crippen molar-refractivity contribution >= 4 is 11.8 Å². The molecule has 2 rings (SSSR count). The first-order valence-corrected chi connectivity index (χ1v) is 5.88. The van der Waals surface area contributed by atoms with Crippen molar-refractivity contribution in [3.05, 3.63) is 53.3 Å². The minimum atomic E-state index is -3.05. The molecule has 0 saturated carbocycles. The molecule has 7 heteroatoms. The minimum absolute atomic E-state index is 0.0552. The maximum atomic E-state index is 12.3. The molecule has 0 aliphatic carbocycles. The van der Waals surface area contributed by atoms with Gasteiger partial charge in [0.15, 0.2) is 5.78 Å². The fourth-order valence-corrected chi connectivity index (χ4v) is 1.91. The van der Waals surface area contributed by atoms with Crippen molar-refractivity contribution in [2.24, 2.45) is 7.05 Å². The lowest BCUT2D eigenvalue weighted by atomic mass is 10.0. The fourth-order valence-electron chi connectivity index (χ4n) is 1.91. The van der Waals surface area contributed by atoms with Crippen LogP contribution in [0.2, 0.25) is 0 Å². The summed E-state index contributed by atoms with van der Waals surface area (Å²) in [5.41, 5.74) is -0.0498. The van der Waals surface area contributed by atoms with Crippen LogP contribution in [0, 0.1) is 0 Å². The van der Waals surface area contributed by atoms with Gasteiger partial charge in [0, 0.05) is 18.8 Å². The Labute approximate surface area is 118 Å². The van der Waals surface area contributed by atoms with Crippen LogP contribution in [0.15, 0.2) is 36.5 Å². The van der Waals surface area contributed by atoms with Crippen molar-refractivity contribution in [1.29, 1.82) is 0 Å². The van der Waals surface area contributed by atoms with Crippen LogP contribution in [-0.4, -0.2) is 28.0 Å². The van der Waals surface area contributed by atoms with Crippen molar-refractivity contribution in [1.82, 2.24) is 4.57 Å². The van der Waals surface area contributed by atoms with E-state index < -0.39 is 18.4 Å². The zero-order valence-corrected chi connectivity index (χ0v) is 10.9. The van der Waals surface area contributed by atoms with Crippen LogP contribution >= 0.6 is 0 Å². The first kappa shape index (κ1) is 14.7. The quantitative estimate of drug-likeness (QED) is 0.861. The van der Waals surface area contributed by atoms with Crippen molar-refractivity contribution in [2.75, 3.05) is 0 Å². The predicted octanol–water partition coefficient (Wildman–Crippen LogP) is 2.56. The summed E-state index contributed by atoms with van der Waals surface area (Å²) in [5.74, 6) is -2.03. The van der Waals surface area contributed by atoms with Crippen molar-refractivity contribution in [2.45, 2.75) is 6.61 Å². The monoisotopic (exact) mass is 295 g/mol. The van der Waals surface area contributed by atoms with Crippen LogP contribution in [0.1, 0.15) is 26.4 Å². The molecule has 0 fully saturated rings. The molecule has 0 spiro atoms. The molecule has 0 unspecified atom stereocenters. The summed E-state index contributed by atoms with van der Waals surface area (Å²) in [5, 5.41) is 8.95. The van der Waals surface area contributed by atoms with Gasteiger partial charge in [0.05, 0.1) is 5.56 Å². The SMILES string of the molecule is Cn1cc(C(=O)c2ccccc2OC(F)F)cc1C(=O)O. The second-order valence-corrected chi connectivity index (χ2v) is 4.23. The molecule has 0 radical (unpaired) electrons. The number of carbonyl (C=O) groups is 2. The molecule has 5 nitrogen and oxygen atoms in total. The van der Waals surface area contributed by atoms with Crippen LogP contribution in [0.25, 0.3) is 0 Å². The summed E-state index contributed by atoms with van der Waals surface area (Å²) in [6.45, 7) is -3.05. The first-order chi connectivity index (χ1) is 9.90. The summed E-state index contributed by atoms with van der Waals surface area (Å²) in [6, 6.07) is 6.74. The number of benzene rings is 1. The Morgan fingerprint density at radius 2 is 1.95 bits per heavy atom. The van der Waals surface area contributed by atoms with Gasteiger partial charge in [0.1, 0.15) is 11.4 Å². The Morgan fingerprint density at radius 3 is 2.52 bits per heavy atom. The molecule has 0 amide bonds. The van der Waals surface area contributed by atoms with E-state index in [2.05, 4.69) is 4.74 Å². The number of ether oxygens (including phenoxy) is 1. The highest BCUT2D eigenvalue weighted by Crippen LogP contribution is 2.24. The third kappa shape index (κ3) is 3.07. The third-order valence-electron chi connectivity index (χ3n) is 2.83. The zero-order chi connectivity index (χ0) is 15.6. The van der Waals surface area contributed by atoms with Crippen molar-refractivity contribution < 1.29 is 28.2 Å². The Kier molecular flexibility index (Phi) is 4.02. The van der Waals surface area contributed by atoms with Crippen molar-refractivity contribution in [3.63, 3.8) is 0 Å². The number of carbonyl (C=O) groups excluding carboxylic acids is 1. The summed E-state index contributed by atoms with van der Waals surface area (Å²) >= 11 is 0. The maximum Gasteiger partial charge on any atom is 0.387 e. The van der Waals surface area contributed by atoms with Gasteiger partial charge in [-0.1, -0.05) is 12.1 Å². The zero-order valence-electron chi connectivity index (χ0n) is 10.9. The molecule has 0 aliphatic rings. The van der Waals surface area contributed by atoms with E-state index in [4.69, 9.17) is 5.11 Å². The number of aromatic carboxylic acids is 1. The summed E-state index contributed by atoms with van der Waals surface area (Å²) < 4.78 is 30.2. The molecule has 1 N–H and O–H groups in total. The fraction of sp³-hybridized carbons (Fsp3) is 0.143. The number of para-hydroxylation sites is 1. The van der Waals surface area contributed by atoms with Gasteiger partial charge in [-0.3, -0.25) is 4.79 Å². The van der Waals surface area contributed by atoms with E-state index in [0.29, 0.717) is 0 Å². The van der Waals surface area contributed by atoms with E-state index in [-0.39, 0.29) is 22.6 Å². The number of halogens is 2. The summed E-state index contributed by atoms with van der Waals surface area (Å²) in [7, 11) is 1.47. The lowest BCUT2D eigenvalue weighted by Crippen LogP contribution is -2.08. The van der Waals surface area contributed by atoms with Gasteiger partial charge in [-0.2, -0.15) is 8.78 Å². The largest absolute Gasteiger partial charge is 0.477 e. The van der Waals surface area contributed by atoms with Gasteiger partial charge in [0.2, 0.25) is 0 Å². The number of rotatable bonds is 5. The van der Waals surface area contributed by atoms with Gasteiger partial charge >= 0.3 is 12.6 Å². The van der Waals surface area contributed by atoms with E-state index in [1.807, 2.05) is 0 Å². The second kappa shape index (κ2) is 5.74. The lowest BCUT2D eigenvalue weighted by molar-refractivity contribution is -0.0501. The number of hydrogen-bond donors (Lipinski definition) is 1. The maximum absolute atomic E-state index is 12.3. The highest BCUT2D eigenvalue weighted by Gasteiger charge is 2.20. The molecule has 2 aromatic rings. The normalized spacial score (nSPS) is 10.7. The Morgan fingerprint density at radius 1 is 1.29 bits per heavy atom. The standard InChI is InChI=1S/C14H11F2NO4/c1-17-7-8(6-10(17)13(19)20)12(18)9-4-2-3-5-11(9)21-14(15)16/h2-7,14H,1H3,(H,19,20). The van der Waals surface area contributed by atoms with E-state index >= 15 is 0 Å². The molecule has 110 valence electrons. The van der Waals surface area contributed by atoms with E-state index in [1.165, 1.54) is 48.1 Å². The number of nitrogens with zero attached hydrogens (tertiary/aromatic N) is 1. The van der Waals surface area contributed by atoms with Gasteiger partial charge in [0.25, 0.3) is 0 Å². The Balaban J connectivity index is 2.41.